The summed E-state index contributed by atoms with van der Waals surface area (Å²) < 4.78 is 41.5. The van der Waals surface area contributed by atoms with Crippen molar-refractivity contribution in [3.8, 4) is 5.75 Å². The van der Waals surface area contributed by atoms with Gasteiger partial charge in [-0.1, -0.05) is 84.9 Å². The van der Waals surface area contributed by atoms with Gasteiger partial charge in [0.05, 0.1) is 23.7 Å². The average molecular weight is 696 g/mol. The molecule has 1 unspecified atom stereocenters. The van der Waals surface area contributed by atoms with Crippen LogP contribution in [0.1, 0.15) is 52.0 Å². The zero-order valence-corrected chi connectivity index (χ0v) is 29.7. The highest BCUT2D eigenvalue weighted by molar-refractivity contribution is 7.52. The minimum absolute atomic E-state index is 0.194. The SMILES string of the molecule is CCOCc1nc2c(N)nc3ccccc3c2n1C[C@@H](C)OP(=O)(N[C@H](C(=O)OC(C)(C)C)c1ccccc1)Oc1cccc2ccccc12. The molecule has 0 bridgehead atoms. The summed E-state index contributed by atoms with van der Waals surface area (Å²) >= 11 is 0. The van der Waals surface area contributed by atoms with E-state index in [2.05, 4.69) is 10.1 Å². The van der Waals surface area contributed by atoms with Gasteiger partial charge in [-0.15, -0.1) is 0 Å². The second kappa shape index (κ2) is 14.6. The number of pyridine rings is 1. The van der Waals surface area contributed by atoms with E-state index in [-0.39, 0.29) is 13.2 Å². The summed E-state index contributed by atoms with van der Waals surface area (Å²) in [6, 6.07) is 28.5. The van der Waals surface area contributed by atoms with Crippen molar-refractivity contribution < 1.29 is 27.9 Å². The summed E-state index contributed by atoms with van der Waals surface area (Å²) in [5.74, 6) is 0.599. The van der Waals surface area contributed by atoms with E-state index < -0.39 is 31.5 Å². The molecule has 260 valence electrons. The van der Waals surface area contributed by atoms with Crippen LogP contribution in [0.15, 0.2) is 97.1 Å². The Morgan fingerprint density at radius 3 is 2.34 bits per heavy atom. The van der Waals surface area contributed by atoms with Crippen LogP contribution in [0, 0.1) is 0 Å². The molecule has 0 radical (unpaired) electrons. The molecule has 12 heteroatoms. The number of nitrogen functional groups attached to an aromatic ring is 1. The minimum Gasteiger partial charge on any atom is -0.459 e. The smallest absolute Gasteiger partial charge is 0.459 e. The van der Waals surface area contributed by atoms with E-state index in [9.17, 15) is 4.79 Å². The summed E-state index contributed by atoms with van der Waals surface area (Å²) in [7, 11) is -4.37. The maximum absolute atomic E-state index is 15.2. The molecule has 0 aliphatic carbocycles. The molecule has 2 heterocycles. The van der Waals surface area contributed by atoms with Crippen molar-refractivity contribution in [3.63, 3.8) is 0 Å². The molecule has 3 atom stereocenters. The fourth-order valence-electron chi connectivity index (χ4n) is 5.84. The summed E-state index contributed by atoms with van der Waals surface area (Å²) in [6.07, 6.45) is -0.746. The third kappa shape index (κ3) is 7.82. The number of para-hydroxylation sites is 1. The molecule has 11 nitrogen and oxygen atoms in total. The van der Waals surface area contributed by atoms with E-state index in [1.165, 1.54) is 0 Å². The number of carbonyl (C=O) groups is 1. The van der Waals surface area contributed by atoms with E-state index in [1.54, 1.807) is 58.0 Å². The highest BCUT2D eigenvalue weighted by atomic mass is 31.2. The number of nitrogens with one attached hydrogen (secondary N) is 1. The van der Waals surface area contributed by atoms with Gasteiger partial charge in [-0.05, 0) is 57.7 Å². The van der Waals surface area contributed by atoms with Gasteiger partial charge in [-0.3, -0.25) is 4.52 Å². The van der Waals surface area contributed by atoms with E-state index in [1.807, 2.05) is 78.2 Å². The van der Waals surface area contributed by atoms with Gasteiger partial charge >= 0.3 is 13.7 Å². The second-order valence-corrected chi connectivity index (χ2v) is 14.6. The van der Waals surface area contributed by atoms with Crippen LogP contribution < -0.4 is 15.3 Å². The molecule has 0 saturated heterocycles. The van der Waals surface area contributed by atoms with Crippen LogP contribution in [0.3, 0.4) is 0 Å². The third-order valence-electron chi connectivity index (χ3n) is 7.91. The summed E-state index contributed by atoms with van der Waals surface area (Å²) in [4.78, 5) is 23.1. The van der Waals surface area contributed by atoms with Gasteiger partial charge in [0.25, 0.3) is 0 Å². The van der Waals surface area contributed by atoms with Crippen LogP contribution in [-0.4, -0.2) is 38.8 Å². The number of anilines is 1. The molecule has 0 saturated carbocycles. The highest BCUT2D eigenvalue weighted by Crippen LogP contribution is 2.50. The Bertz CT molecular complexity index is 2180. The fraction of sp³-hybridized carbons (Fsp3) is 0.289. The Hall–Kier alpha value is -4.80. The summed E-state index contributed by atoms with van der Waals surface area (Å²) in [5, 5.41) is 5.44. The Balaban J connectivity index is 1.42. The van der Waals surface area contributed by atoms with E-state index >= 15 is 4.57 Å². The van der Waals surface area contributed by atoms with Gasteiger partial charge in [0, 0.05) is 17.4 Å². The quantitative estimate of drug-likeness (QED) is 0.0899. The maximum atomic E-state index is 15.2. The largest absolute Gasteiger partial charge is 0.460 e. The molecule has 50 heavy (non-hydrogen) atoms. The van der Waals surface area contributed by atoms with E-state index in [4.69, 9.17) is 29.2 Å². The Morgan fingerprint density at radius 1 is 0.920 bits per heavy atom. The van der Waals surface area contributed by atoms with Crippen LogP contribution in [0.4, 0.5) is 5.82 Å². The van der Waals surface area contributed by atoms with Crippen molar-refractivity contribution in [3.05, 3.63) is 108 Å². The monoisotopic (exact) mass is 695 g/mol. The number of fused-ring (bicyclic) bond motifs is 4. The average Bonchev–Trinajstić information content (AvgIpc) is 3.44. The predicted molar refractivity (Wildman–Crippen MR) is 196 cm³/mol. The molecule has 2 aromatic heterocycles. The van der Waals surface area contributed by atoms with Crippen molar-refractivity contribution in [1.29, 1.82) is 0 Å². The first-order valence-corrected chi connectivity index (χ1v) is 18.1. The number of ether oxygens (including phenoxy) is 2. The lowest BCUT2D eigenvalue weighted by molar-refractivity contribution is -0.157. The van der Waals surface area contributed by atoms with Gasteiger partial charge in [-0.25, -0.2) is 19.3 Å². The molecule has 0 fully saturated rings. The lowest BCUT2D eigenvalue weighted by Crippen LogP contribution is -2.35. The summed E-state index contributed by atoms with van der Waals surface area (Å²) in [5.41, 5.74) is 8.14. The lowest BCUT2D eigenvalue weighted by Gasteiger charge is -2.29. The van der Waals surface area contributed by atoms with Crippen molar-refractivity contribution in [1.82, 2.24) is 19.6 Å². The van der Waals surface area contributed by atoms with Crippen LogP contribution in [0.5, 0.6) is 5.75 Å². The van der Waals surface area contributed by atoms with Crippen LogP contribution >= 0.6 is 7.75 Å². The molecule has 0 aliphatic heterocycles. The van der Waals surface area contributed by atoms with Gasteiger partial charge in [0.15, 0.2) is 5.82 Å². The van der Waals surface area contributed by atoms with Crippen LogP contribution in [-0.2, 0) is 36.5 Å². The Morgan fingerprint density at radius 2 is 1.60 bits per heavy atom. The number of rotatable bonds is 13. The molecule has 0 spiro atoms. The number of nitrogens with zero attached hydrogens (tertiary/aromatic N) is 3. The minimum atomic E-state index is -4.37. The summed E-state index contributed by atoms with van der Waals surface area (Å²) in [6.45, 7) is 9.91. The first-order chi connectivity index (χ1) is 23.9. The normalized spacial score (nSPS) is 14.4. The number of carbonyl (C=O) groups excluding carboxylic acids is 1. The van der Waals surface area contributed by atoms with Crippen LogP contribution in [0.25, 0.3) is 32.7 Å². The zero-order valence-electron chi connectivity index (χ0n) is 28.8. The topological polar surface area (TPSA) is 140 Å². The molecular weight excluding hydrogens is 653 g/mol. The van der Waals surface area contributed by atoms with E-state index in [0.29, 0.717) is 40.6 Å². The van der Waals surface area contributed by atoms with Crippen molar-refractivity contribution >= 4 is 52.2 Å². The van der Waals surface area contributed by atoms with E-state index in [0.717, 1.165) is 21.7 Å². The number of aromatic nitrogens is 3. The maximum Gasteiger partial charge on any atom is 0.460 e. The Labute approximate surface area is 291 Å². The van der Waals surface area contributed by atoms with Crippen molar-refractivity contribution in [2.24, 2.45) is 0 Å². The van der Waals surface area contributed by atoms with Crippen molar-refractivity contribution in [2.75, 3.05) is 12.3 Å². The predicted octanol–water partition coefficient (Wildman–Crippen LogP) is 8.12. The molecule has 3 N–H and O–H groups in total. The van der Waals surface area contributed by atoms with Gasteiger partial charge < -0.3 is 24.3 Å². The van der Waals surface area contributed by atoms with Gasteiger partial charge in [-0.2, -0.15) is 5.09 Å². The van der Waals surface area contributed by atoms with Crippen LogP contribution in [0.2, 0.25) is 0 Å². The molecule has 6 aromatic rings. The molecule has 6 rings (SSSR count). The first kappa shape index (κ1) is 35.0. The number of hydrogen-bond donors (Lipinski definition) is 2. The molecular formula is C38H42N5O6P. The number of hydrogen-bond acceptors (Lipinski definition) is 9. The molecule has 0 aliphatic rings. The second-order valence-electron chi connectivity index (χ2n) is 13.0. The van der Waals surface area contributed by atoms with Gasteiger partial charge in [0.1, 0.15) is 35.3 Å². The number of esters is 1. The fourth-order valence-corrected chi connectivity index (χ4v) is 7.53. The van der Waals surface area contributed by atoms with Gasteiger partial charge in [0.2, 0.25) is 0 Å². The lowest BCUT2D eigenvalue weighted by atomic mass is 10.1. The highest BCUT2D eigenvalue weighted by Gasteiger charge is 2.38. The molecule has 0 amide bonds. The Kier molecular flexibility index (Phi) is 10.2. The standard InChI is InChI=1S/C38H42N5O6P/c1-6-46-24-32-41-34-35(29-20-12-13-21-30(29)40-36(34)39)43(32)23-25(2)48-50(45,49-31-22-14-18-26-15-10-11-19-28(26)31)42-33(27-16-8-7-9-17-27)37(44)47-38(3,4)5/h7-22,25,33H,6,23-24H2,1-5H3,(H2,39,40)(H,42,45)/t25-,33+,50?/m1/s1. The zero-order chi connectivity index (χ0) is 35.5. The third-order valence-corrected chi connectivity index (χ3v) is 9.56. The molecule has 4 aromatic carbocycles. The van der Waals surface area contributed by atoms with Crippen molar-refractivity contribution in [2.45, 2.75) is 65.5 Å². The first-order valence-electron chi connectivity index (χ1n) is 16.6. The number of nitrogens with two attached hydrogens (primary N) is 1. The number of imidazole rings is 1. The number of benzene rings is 4.